The van der Waals surface area contributed by atoms with Crippen molar-refractivity contribution in [3.63, 3.8) is 0 Å². The molecule has 1 aromatic carbocycles. The van der Waals surface area contributed by atoms with Gasteiger partial charge in [-0.15, -0.1) is 0 Å². The summed E-state index contributed by atoms with van der Waals surface area (Å²) in [5.74, 6) is 0.366. The van der Waals surface area contributed by atoms with Gasteiger partial charge >= 0.3 is 0 Å². The van der Waals surface area contributed by atoms with Crippen LogP contribution in [0.25, 0.3) is 10.9 Å². The lowest BCUT2D eigenvalue weighted by Gasteiger charge is -2.15. The predicted octanol–water partition coefficient (Wildman–Crippen LogP) is 7.57. The fourth-order valence-corrected chi connectivity index (χ4v) is 3.45. The number of rotatable bonds is 8. The van der Waals surface area contributed by atoms with Crippen molar-refractivity contribution in [3.8, 4) is 0 Å². The number of unbranched alkanes of at least 4 members (excludes halogenated alkanes) is 1. The molecule has 2 rings (SSSR count). The van der Waals surface area contributed by atoms with E-state index in [4.69, 9.17) is 11.6 Å². The van der Waals surface area contributed by atoms with Crippen molar-refractivity contribution >= 4 is 22.5 Å². The Bertz CT molecular complexity index is 721. The smallest absolute Gasteiger partial charge is 0.0460 e. The molecule has 2 aromatic rings. The SMILES string of the molecule is CC/C=C/C(=C\CC)C(C)c1[nH]c2ccc(Cl)cc2c1CCCC. The molecule has 0 spiro atoms. The molecular formula is C22H30ClN. The van der Waals surface area contributed by atoms with Crippen LogP contribution in [0.15, 0.2) is 42.0 Å². The summed E-state index contributed by atoms with van der Waals surface area (Å²) < 4.78 is 0. The Hall–Kier alpha value is -1.47. The fraction of sp³-hybridized carbons (Fsp3) is 0.455. The highest BCUT2D eigenvalue weighted by molar-refractivity contribution is 6.31. The largest absolute Gasteiger partial charge is 0.358 e. The van der Waals surface area contributed by atoms with Crippen LogP contribution in [0.4, 0.5) is 0 Å². The molecule has 0 bridgehead atoms. The van der Waals surface area contributed by atoms with Crippen molar-refractivity contribution in [3.05, 3.63) is 58.3 Å². The van der Waals surface area contributed by atoms with Crippen molar-refractivity contribution < 1.29 is 0 Å². The summed E-state index contributed by atoms with van der Waals surface area (Å²) in [7, 11) is 0. The minimum Gasteiger partial charge on any atom is -0.358 e. The van der Waals surface area contributed by atoms with Crippen LogP contribution < -0.4 is 0 Å². The van der Waals surface area contributed by atoms with Crippen LogP contribution in [0.3, 0.4) is 0 Å². The first kappa shape index (κ1) is 18.9. The average Bonchev–Trinajstić information content (AvgIpc) is 2.93. The monoisotopic (exact) mass is 343 g/mol. The van der Waals surface area contributed by atoms with E-state index < -0.39 is 0 Å². The molecule has 0 aliphatic carbocycles. The molecule has 0 saturated heterocycles. The Morgan fingerprint density at radius 3 is 2.67 bits per heavy atom. The van der Waals surface area contributed by atoms with E-state index in [1.165, 1.54) is 40.6 Å². The lowest BCUT2D eigenvalue weighted by atomic mass is 9.91. The molecule has 0 aliphatic rings. The van der Waals surface area contributed by atoms with E-state index in [-0.39, 0.29) is 0 Å². The highest BCUT2D eigenvalue weighted by Gasteiger charge is 2.18. The van der Waals surface area contributed by atoms with Crippen molar-refractivity contribution in [2.24, 2.45) is 0 Å². The van der Waals surface area contributed by atoms with E-state index in [2.05, 4.69) is 63.0 Å². The second-order valence-corrected chi connectivity index (χ2v) is 6.89. The molecule has 1 nitrogen and oxygen atoms in total. The van der Waals surface area contributed by atoms with Crippen LogP contribution in [0.1, 0.15) is 70.6 Å². The van der Waals surface area contributed by atoms with Gasteiger partial charge in [0.05, 0.1) is 0 Å². The van der Waals surface area contributed by atoms with Gasteiger partial charge in [-0.05, 0) is 55.0 Å². The third kappa shape index (κ3) is 4.33. The Labute approximate surface area is 151 Å². The molecule has 1 unspecified atom stereocenters. The van der Waals surface area contributed by atoms with E-state index in [1.54, 1.807) is 0 Å². The second-order valence-electron chi connectivity index (χ2n) is 6.46. The molecule has 24 heavy (non-hydrogen) atoms. The Balaban J connectivity index is 2.52. The lowest BCUT2D eigenvalue weighted by molar-refractivity contribution is 0.774. The molecule has 1 atom stereocenters. The number of allylic oxidation sites excluding steroid dienone is 4. The van der Waals surface area contributed by atoms with Crippen LogP contribution in [0.5, 0.6) is 0 Å². The molecular weight excluding hydrogens is 314 g/mol. The van der Waals surface area contributed by atoms with Gasteiger partial charge in [0, 0.05) is 27.5 Å². The quantitative estimate of drug-likeness (QED) is 0.475. The van der Waals surface area contributed by atoms with Crippen LogP contribution >= 0.6 is 11.6 Å². The van der Waals surface area contributed by atoms with Gasteiger partial charge in [0.15, 0.2) is 0 Å². The summed E-state index contributed by atoms with van der Waals surface area (Å²) in [6, 6.07) is 6.19. The number of benzene rings is 1. The molecule has 0 radical (unpaired) electrons. The van der Waals surface area contributed by atoms with Crippen LogP contribution in [-0.2, 0) is 6.42 Å². The molecule has 1 aromatic heterocycles. The summed E-state index contributed by atoms with van der Waals surface area (Å²) in [6.07, 6.45) is 12.5. The van der Waals surface area contributed by atoms with Gasteiger partial charge < -0.3 is 4.98 Å². The minimum atomic E-state index is 0.366. The van der Waals surface area contributed by atoms with Crippen molar-refractivity contribution in [1.82, 2.24) is 4.98 Å². The molecule has 130 valence electrons. The number of aromatic amines is 1. The molecule has 2 heteroatoms. The molecule has 0 amide bonds. The van der Waals surface area contributed by atoms with E-state index in [0.717, 1.165) is 24.3 Å². The topological polar surface area (TPSA) is 15.8 Å². The number of nitrogens with one attached hydrogen (secondary N) is 1. The lowest BCUT2D eigenvalue weighted by Crippen LogP contribution is -2.01. The van der Waals surface area contributed by atoms with Crippen LogP contribution in [0, 0.1) is 0 Å². The summed E-state index contributed by atoms with van der Waals surface area (Å²) in [5.41, 5.74) is 5.38. The predicted molar refractivity (Wildman–Crippen MR) is 108 cm³/mol. The number of aromatic nitrogens is 1. The third-order valence-corrected chi connectivity index (χ3v) is 4.84. The van der Waals surface area contributed by atoms with Crippen LogP contribution in [0.2, 0.25) is 5.02 Å². The minimum absolute atomic E-state index is 0.366. The van der Waals surface area contributed by atoms with Gasteiger partial charge in [-0.2, -0.15) is 0 Å². The highest BCUT2D eigenvalue weighted by Crippen LogP contribution is 2.34. The fourth-order valence-electron chi connectivity index (χ4n) is 3.28. The van der Waals surface area contributed by atoms with Crippen molar-refractivity contribution in [2.75, 3.05) is 0 Å². The molecule has 0 saturated carbocycles. The summed E-state index contributed by atoms with van der Waals surface area (Å²) in [4.78, 5) is 3.68. The average molecular weight is 344 g/mol. The van der Waals surface area contributed by atoms with E-state index >= 15 is 0 Å². The number of hydrogen-bond acceptors (Lipinski definition) is 0. The maximum Gasteiger partial charge on any atom is 0.0460 e. The van der Waals surface area contributed by atoms with Gasteiger partial charge in [0.2, 0.25) is 0 Å². The van der Waals surface area contributed by atoms with E-state index in [1.807, 2.05) is 6.07 Å². The molecule has 0 fully saturated rings. The number of hydrogen-bond donors (Lipinski definition) is 1. The zero-order chi connectivity index (χ0) is 17.5. The van der Waals surface area contributed by atoms with Gasteiger partial charge in [-0.1, -0.05) is 63.9 Å². The van der Waals surface area contributed by atoms with E-state index in [0.29, 0.717) is 5.92 Å². The summed E-state index contributed by atoms with van der Waals surface area (Å²) in [5, 5.41) is 2.10. The summed E-state index contributed by atoms with van der Waals surface area (Å²) >= 11 is 6.26. The van der Waals surface area contributed by atoms with Gasteiger partial charge in [-0.3, -0.25) is 0 Å². The number of fused-ring (bicyclic) bond motifs is 1. The Morgan fingerprint density at radius 1 is 1.21 bits per heavy atom. The first-order valence-corrected chi connectivity index (χ1v) is 9.66. The molecule has 0 aliphatic heterocycles. The van der Waals surface area contributed by atoms with Gasteiger partial charge in [-0.25, -0.2) is 0 Å². The highest BCUT2D eigenvalue weighted by atomic mass is 35.5. The number of aryl methyl sites for hydroxylation is 1. The normalized spacial score (nSPS) is 14.0. The van der Waals surface area contributed by atoms with Gasteiger partial charge in [0.1, 0.15) is 0 Å². The standard InChI is InChI=1S/C22H30ClN/c1-5-8-11-17(10-7-3)16(4)22-19(12-9-6-2)20-15-18(23)13-14-21(20)24-22/h8,10-11,13-16,24H,5-7,9,12H2,1-4H3/b11-8+,17-10+. The summed E-state index contributed by atoms with van der Waals surface area (Å²) in [6.45, 7) is 8.94. The number of H-pyrrole nitrogens is 1. The Kier molecular flexibility index (Phi) is 7.17. The zero-order valence-corrected chi connectivity index (χ0v) is 16.2. The maximum atomic E-state index is 6.26. The molecule has 1 heterocycles. The first-order chi connectivity index (χ1) is 11.6. The first-order valence-electron chi connectivity index (χ1n) is 9.28. The zero-order valence-electron chi connectivity index (χ0n) is 15.5. The van der Waals surface area contributed by atoms with Crippen LogP contribution in [-0.4, -0.2) is 4.98 Å². The maximum absolute atomic E-state index is 6.26. The second kappa shape index (κ2) is 9.13. The molecule has 1 N–H and O–H groups in total. The third-order valence-electron chi connectivity index (χ3n) is 4.60. The number of halogens is 1. The van der Waals surface area contributed by atoms with E-state index in [9.17, 15) is 0 Å². The van der Waals surface area contributed by atoms with Gasteiger partial charge in [0.25, 0.3) is 0 Å². The van der Waals surface area contributed by atoms with Crippen molar-refractivity contribution in [1.29, 1.82) is 0 Å². The van der Waals surface area contributed by atoms with Crippen molar-refractivity contribution in [2.45, 2.75) is 65.7 Å². The Morgan fingerprint density at radius 2 is 2.00 bits per heavy atom.